The number of aryl methyl sites for hydroxylation is 1. The van der Waals surface area contributed by atoms with Crippen LogP contribution in [0, 0.1) is 12.7 Å². The van der Waals surface area contributed by atoms with Crippen LogP contribution in [0.5, 0.6) is 0 Å². The second kappa shape index (κ2) is 8.16. The number of nitrogens with zero attached hydrogens (tertiary/aromatic N) is 3. The molecule has 8 nitrogen and oxygen atoms in total. The minimum Gasteiger partial charge on any atom is -0.351 e. The predicted molar refractivity (Wildman–Crippen MR) is 110 cm³/mol. The summed E-state index contributed by atoms with van der Waals surface area (Å²) in [6, 6.07) is 14.8. The maximum absolute atomic E-state index is 13.6. The van der Waals surface area contributed by atoms with Gasteiger partial charge in [0, 0.05) is 36.0 Å². The lowest BCUT2D eigenvalue weighted by atomic mass is 10.1. The van der Waals surface area contributed by atoms with Gasteiger partial charge in [-0.15, -0.1) is 0 Å². The second-order valence-electron chi connectivity index (χ2n) is 6.77. The van der Waals surface area contributed by atoms with Crippen molar-refractivity contribution in [2.75, 3.05) is 5.32 Å². The number of carbonyl (C=O) groups is 1. The van der Waals surface area contributed by atoms with Crippen LogP contribution in [0.1, 0.15) is 27.2 Å². The first-order chi connectivity index (χ1) is 14.5. The Kier molecular flexibility index (Phi) is 5.25. The molecule has 2 aromatic carbocycles. The van der Waals surface area contributed by atoms with Gasteiger partial charge in [-0.25, -0.2) is 9.37 Å². The summed E-state index contributed by atoms with van der Waals surface area (Å²) in [5.41, 5.74) is 2.19. The second-order valence-corrected chi connectivity index (χ2v) is 6.77. The highest BCUT2D eigenvalue weighted by atomic mass is 19.1. The van der Waals surface area contributed by atoms with E-state index in [1.54, 1.807) is 37.3 Å². The molecular formula is C21H19FN6O2. The lowest BCUT2D eigenvalue weighted by molar-refractivity contribution is 0.0950. The number of hydrogen-bond donors (Lipinski definition) is 3. The molecule has 0 saturated carbocycles. The minimum absolute atomic E-state index is 0.119. The van der Waals surface area contributed by atoms with Gasteiger partial charge in [-0.2, -0.15) is 9.50 Å². The molecule has 4 aromatic rings. The molecule has 0 spiro atoms. The topological polar surface area (TPSA) is 104 Å². The quantitative estimate of drug-likeness (QED) is 0.456. The van der Waals surface area contributed by atoms with Crippen LogP contribution in [0.15, 0.2) is 59.4 Å². The molecular weight excluding hydrogens is 387 g/mol. The highest BCUT2D eigenvalue weighted by Gasteiger charge is 2.09. The van der Waals surface area contributed by atoms with Gasteiger partial charge in [-0.3, -0.25) is 14.7 Å². The van der Waals surface area contributed by atoms with Crippen LogP contribution in [-0.4, -0.2) is 25.5 Å². The number of fused-ring (bicyclic) bond motifs is 1. The van der Waals surface area contributed by atoms with Crippen molar-refractivity contribution in [3.63, 3.8) is 0 Å². The molecule has 9 heteroatoms. The molecule has 0 aliphatic heterocycles. The maximum Gasteiger partial charge on any atom is 0.274 e. The average Bonchev–Trinajstić information content (AvgIpc) is 3.15. The van der Waals surface area contributed by atoms with E-state index in [2.05, 4.69) is 25.7 Å². The summed E-state index contributed by atoms with van der Waals surface area (Å²) >= 11 is 0. The van der Waals surface area contributed by atoms with Crippen molar-refractivity contribution < 1.29 is 9.18 Å². The molecule has 30 heavy (non-hydrogen) atoms. The molecule has 0 aliphatic rings. The third-order valence-electron chi connectivity index (χ3n) is 4.53. The van der Waals surface area contributed by atoms with Gasteiger partial charge in [-0.05, 0) is 30.7 Å². The molecule has 4 rings (SSSR count). The first-order valence-corrected chi connectivity index (χ1v) is 9.30. The zero-order chi connectivity index (χ0) is 21.1. The molecule has 2 aromatic heterocycles. The molecule has 2 heterocycles. The Morgan fingerprint density at radius 3 is 2.63 bits per heavy atom. The standard InChI is InChI=1S/C21H19FN6O2/c1-13-10-18(29)28-21(25-13)26-20(27-28)24-11-14-6-8-15(9-7-14)19(30)23-12-16-4-2-3-5-17(16)22/h2-10H,11-12H2,1H3,(H,23,30)(H2,24,25,26,27). The number of amides is 1. The van der Waals surface area contributed by atoms with Crippen LogP contribution in [0.4, 0.5) is 10.3 Å². The molecule has 3 N–H and O–H groups in total. The minimum atomic E-state index is -0.350. The van der Waals surface area contributed by atoms with E-state index in [9.17, 15) is 14.0 Å². The van der Waals surface area contributed by atoms with E-state index in [0.29, 0.717) is 35.1 Å². The Morgan fingerprint density at radius 1 is 1.10 bits per heavy atom. The summed E-state index contributed by atoms with van der Waals surface area (Å²) in [6.07, 6.45) is 0. The van der Waals surface area contributed by atoms with Crippen molar-refractivity contribution in [1.29, 1.82) is 0 Å². The Morgan fingerprint density at radius 2 is 1.87 bits per heavy atom. The predicted octanol–water partition coefficient (Wildman–Crippen LogP) is 2.41. The molecule has 0 fully saturated rings. The third-order valence-corrected chi connectivity index (χ3v) is 4.53. The lowest BCUT2D eigenvalue weighted by Gasteiger charge is -2.07. The van der Waals surface area contributed by atoms with Gasteiger partial charge in [0.1, 0.15) is 5.82 Å². The van der Waals surface area contributed by atoms with E-state index < -0.39 is 0 Å². The number of halogens is 1. The number of H-pyrrole nitrogens is 1. The number of nitrogens with one attached hydrogen (secondary N) is 3. The van der Waals surface area contributed by atoms with Crippen molar-refractivity contribution >= 4 is 17.6 Å². The first kappa shape index (κ1) is 19.3. The smallest absolute Gasteiger partial charge is 0.274 e. The Balaban J connectivity index is 1.36. The van der Waals surface area contributed by atoms with Gasteiger partial charge in [0.25, 0.3) is 17.2 Å². The summed E-state index contributed by atoms with van der Waals surface area (Å²) < 4.78 is 14.9. The number of rotatable bonds is 6. The average molecular weight is 406 g/mol. The van der Waals surface area contributed by atoms with E-state index in [0.717, 1.165) is 5.56 Å². The van der Waals surface area contributed by atoms with Gasteiger partial charge >= 0.3 is 0 Å². The first-order valence-electron chi connectivity index (χ1n) is 9.30. The van der Waals surface area contributed by atoms with Crippen LogP contribution in [0.3, 0.4) is 0 Å². The molecule has 152 valence electrons. The van der Waals surface area contributed by atoms with Crippen molar-refractivity contribution in [2.24, 2.45) is 0 Å². The largest absolute Gasteiger partial charge is 0.351 e. The third kappa shape index (κ3) is 4.19. The summed E-state index contributed by atoms with van der Waals surface area (Å²) in [7, 11) is 0. The molecule has 1 amide bonds. The summed E-state index contributed by atoms with van der Waals surface area (Å²) in [5.74, 6) is 0.0783. The Labute approximate surface area is 170 Å². The molecule has 0 atom stereocenters. The zero-order valence-electron chi connectivity index (χ0n) is 16.1. The summed E-state index contributed by atoms with van der Waals surface area (Å²) in [5, 5.41) is 8.65. The van der Waals surface area contributed by atoms with Crippen LogP contribution >= 0.6 is 0 Å². The van der Waals surface area contributed by atoms with Crippen molar-refractivity contribution in [3.8, 4) is 0 Å². The number of aromatic amines is 1. The van der Waals surface area contributed by atoms with Gasteiger partial charge in [0.15, 0.2) is 0 Å². The van der Waals surface area contributed by atoms with Gasteiger partial charge in [-0.1, -0.05) is 30.3 Å². The number of benzene rings is 2. The van der Waals surface area contributed by atoms with Crippen LogP contribution in [-0.2, 0) is 13.1 Å². The van der Waals surface area contributed by atoms with Gasteiger partial charge < -0.3 is 10.6 Å². The van der Waals surface area contributed by atoms with Crippen molar-refractivity contribution in [3.05, 3.63) is 93.2 Å². The monoisotopic (exact) mass is 406 g/mol. The van der Waals surface area contributed by atoms with E-state index in [1.165, 1.54) is 16.6 Å². The maximum atomic E-state index is 13.6. The normalized spacial score (nSPS) is 10.9. The molecule has 0 bridgehead atoms. The fraction of sp³-hybridized carbons (Fsp3) is 0.143. The summed E-state index contributed by atoms with van der Waals surface area (Å²) in [4.78, 5) is 32.6. The zero-order valence-corrected chi connectivity index (χ0v) is 16.1. The SMILES string of the molecule is Cc1cc(=O)n2[nH]c(NCc3ccc(C(=O)NCc4ccccc4F)cc3)nc2n1. The molecule has 0 aliphatic carbocycles. The van der Waals surface area contributed by atoms with Crippen LogP contribution in [0.25, 0.3) is 5.78 Å². The Bertz CT molecular complexity index is 1260. The van der Waals surface area contributed by atoms with Gasteiger partial charge in [0.2, 0.25) is 5.95 Å². The van der Waals surface area contributed by atoms with Gasteiger partial charge in [0.05, 0.1) is 0 Å². The van der Waals surface area contributed by atoms with Crippen molar-refractivity contribution in [2.45, 2.75) is 20.0 Å². The fourth-order valence-electron chi connectivity index (χ4n) is 2.95. The van der Waals surface area contributed by atoms with Crippen molar-refractivity contribution in [1.82, 2.24) is 24.9 Å². The van der Waals surface area contributed by atoms with Crippen LogP contribution in [0.2, 0.25) is 0 Å². The molecule has 0 radical (unpaired) electrons. The lowest BCUT2D eigenvalue weighted by Crippen LogP contribution is -2.23. The number of aromatic nitrogens is 4. The highest BCUT2D eigenvalue weighted by Crippen LogP contribution is 2.09. The van der Waals surface area contributed by atoms with E-state index in [4.69, 9.17) is 0 Å². The fourth-order valence-corrected chi connectivity index (χ4v) is 2.95. The van der Waals surface area contributed by atoms with E-state index in [1.807, 2.05) is 12.1 Å². The van der Waals surface area contributed by atoms with E-state index in [-0.39, 0.29) is 23.8 Å². The number of anilines is 1. The number of carbonyl (C=O) groups excluding carboxylic acids is 1. The van der Waals surface area contributed by atoms with E-state index >= 15 is 0 Å². The molecule has 0 saturated heterocycles. The summed E-state index contributed by atoms with van der Waals surface area (Å²) in [6.45, 7) is 2.29. The molecule has 0 unspecified atom stereocenters. The number of hydrogen-bond acceptors (Lipinski definition) is 5. The van der Waals surface area contributed by atoms with Crippen LogP contribution < -0.4 is 16.2 Å². The Hall–Kier alpha value is -4.01. The highest BCUT2D eigenvalue weighted by molar-refractivity contribution is 5.94.